The SMILES string of the molecule is CCOC(=O)C1=C(NNC=O)CCC1. The lowest BCUT2D eigenvalue weighted by molar-refractivity contribution is -0.138. The van der Waals surface area contributed by atoms with Crippen LogP contribution in [0, 0.1) is 0 Å². The average Bonchev–Trinajstić information content (AvgIpc) is 2.63. The standard InChI is InChI=1S/C9H14N2O3/c1-2-14-9(13)7-4-3-5-8(7)11-10-6-12/h6,11H,2-5H2,1H3,(H,10,12). The van der Waals surface area contributed by atoms with Crippen molar-refractivity contribution in [3.8, 4) is 0 Å². The predicted octanol–water partition coefficient (Wildman–Crippen LogP) is 0.238. The van der Waals surface area contributed by atoms with Gasteiger partial charge in [0.25, 0.3) is 0 Å². The molecular formula is C9H14N2O3. The Morgan fingerprint density at radius 1 is 1.57 bits per heavy atom. The van der Waals surface area contributed by atoms with Gasteiger partial charge >= 0.3 is 5.97 Å². The first kappa shape index (κ1) is 10.6. The first-order valence-corrected chi connectivity index (χ1v) is 4.64. The smallest absolute Gasteiger partial charge is 0.335 e. The van der Waals surface area contributed by atoms with E-state index in [1.807, 2.05) is 0 Å². The van der Waals surface area contributed by atoms with Gasteiger partial charge in [-0.05, 0) is 26.2 Å². The summed E-state index contributed by atoms with van der Waals surface area (Å²) in [5.41, 5.74) is 6.40. The first-order valence-electron chi connectivity index (χ1n) is 4.64. The molecular weight excluding hydrogens is 184 g/mol. The van der Waals surface area contributed by atoms with Crippen molar-refractivity contribution in [2.24, 2.45) is 0 Å². The van der Waals surface area contributed by atoms with Gasteiger partial charge in [-0.3, -0.25) is 10.2 Å². The summed E-state index contributed by atoms with van der Waals surface area (Å²) in [7, 11) is 0. The molecule has 78 valence electrons. The van der Waals surface area contributed by atoms with Crippen LogP contribution in [-0.2, 0) is 14.3 Å². The van der Waals surface area contributed by atoms with Gasteiger partial charge in [0, 0.05) is 5.70 Å². The van der Waals surface area contributed by atoms with Gasteiger partial charge in [0.15, 0.2) is 0 Å². The van der Waals surface area contributed by atoms with Crippen LogP contribution < -0.4 is 10.9 Å². The van der Waals surface area contributed by atoms with Gasteiger partial charge in [-0.25, -0.2) is 4.79 Å². The second kappa shape index (κ2) is 5.26. The van der Waals surface area contributed by atoms with E-state index in [0.29, 0.717) is 25.0 Å². The van der Waals surface area contributed by atoms with E-state index in [1.165, 1.54) is 0 Å². The number of hydrogen-bond donors (Lipinski definition) is 2. The minimum atomic E-state index is -0.291. The highest BCUT2D eigenvalue weighted by Crippen LogP contribution is 2.24. The maximum absolute atomic E-state index is 11.4. The minimum Gasteiger partial charge on any atom is -0.463 e. The number of carbonyl (C=O) groups excluding carboxylic acids is 2. The molecule has 0 radical (unpaired) electrons. The van der Waals surface area contributed by atoms with Gasteiger partial charge in [-0.1, -0.05) is 0 Å². The van der Waals surface area contributed by atoms with Gasteiger partial charge in [-0.2, -0.15) is 0 Å². The van der Waals surface area contributed by atoms with Gasteiger partial charge in [0.1, 0.15) is 0 Å². The molecule has 0 atom stereocenters. The lowest BCUT2D eigenvalue weighted by Crippen LogP contribution is -2.30. The second-order valence-corrected chi connectivity index (χ2v) is 2.92. The summed E-state index contributed by atoms with van der Waals surface area (Å²) in [6.45, 7) is 2.14. The molecule has 0 fully saturated rings. The Kier molecular flexibility index (Phi) is 3.97. The highest BCUT2D eigenvalue weighted by molar-refractivity contribution is 5.89. The summed E-state index contributed by atoms with van der Waals surface area (Å²) >= 11 is 0. The molecule has 0 saturated heterocycles. The molecule has 14 heavy (non-hydrogen) atoms. The van der Waals surface area contributed by atoms with E-state index >= 15 is 0 Å². The maximum Gasteiger partial charge on any atom is 0.335 e. The normalized spacial score (nSPS) is 15.2. The van der Waals surface area contributed by atoms with E-state index in [0.717, 1.165) is 18.5 Å². The summed E-state index contributed by atoms with van der Waals surface area (Å²) in [5.74, 6) is -0.291. The fourth-order valence-electron chi connectivity index (χ4n) is 1.44. The molecule has 0 bridgehead atoms. The minimum absolute atomic E-state index is 0.291. The molecule has 0 aromatic carbocycles. The Bertz CT molecular complexity index is 261. The number of amides is 1. The van der Waals surface area contributed by atoms with E-state index in [9.17, 15) is 9.59 Å². The van der Waals surface area contributed by atoms with Crippen molar-refractivity contribution in [2.75, 3.05) is 6.61 Å². The Morgan fingerprint density at radius 3 is 3.00 bits per heavy atom. The molecule has 2 N–H and O–H groups in total. The van der Waals surface area contributed by atoms with Crippen LogP contribution in [0.1, 0.15) is 26.2 Å². The molecule has 5 nitrogen and oxygen atoms in total. The zero-order chi connectivity index (χ0) is 10.4. The molecule has 5 heteroatoms. The van der Waals surface area contributed by atoms with E-state index in [1.54, 1.807) is 6.92 Å². The van der Waals surface area contributed by atoms with Gasteiger partial charge in [0.05, 0.1) is 12.2 Å². The van der Waals surface area contributed by atoms with Crippen LogP contribution in [0.4, 0.5) is 0 Å². The molecule has 0 saturated carbocycles. The van der Waals surface area contributed by atoms with E-state index in [-0.39, 0.29) is 5.97 Å². The van der Waals surface area contributed by atoms with Crippen LogP contribution in [0.15, 0.2) is 11.3 Å². The highest BCUT2D eigenvalue weighted by Gasteiger charge is 2.21. The third kappa shape index (κ3) is 2.48. The highest BCUT2D eigenvalue weighted by atomic mass is 16.5. The van der Waals surface area contributed by atoms with Crippen molar-refractivity contribution in [1.29, 1.82) is 0 Å². The van der Waals surface area contributed by atoms with Gasteiger partial charge < -0.3 is 10.2 Å². The number of carbonyl (C=O) groups is 2. The quantitative estimate of drug-likeness (QED) is 0.377. The fourth-order valence-corrected chi connectivity index (χ4v) is 1.44. The topological polar surface area (TPSA) is 67.4 Å². The monoisotopic (exact) mass is 198 g/mol. The largest absolute Gasteiger partial charge is 0.463 e. The molecule has 1 amide bonds. The second-order valence-electron chi connectivity index (χ2n) is 2.92. The summed E-state index contributed by atoms with van der Waals surface area (Å²) in [6.07, 6.45) is 2.93. The lowest BCUT2D eigenvalue weighted by Gasteiger charge is -2.07. The van der Waals surface area contributed by atoms with E-state index in [2.05, 4.69) is 10.9 Å². The molecule has 0 unspecified atom stereocenters. The summed E-state index contributed by atoms with van der Waals surface area (Å²) in [6, 6.07) is 0. The zero-order valence-electron chi connectivity index (χ0n) is 8.13. The van der Waals surface area contributed by atoms with Crippen molar-refractivity contribution in [3.05, 3.63) is 11.3 Å². The van der Waals surface area contributed by atoms with E-state index in [4.69, 9.17) is 4.74 Å². The van der Waals surface area contributed by atoms with Crippen LogP contribution in [0.5, 0.6) is 0 Å². The van der Waals surface area contributed by atoms with Crippen LogP contribution >= 0.6 is 0 Å². The number of nitrogens with one attached hydrogen (secondary N) is 2. The van der Waals surface area contributed by atoms with Crippen LogP contribution in [-0.4, -0.2) is 19.0 Å². The Balaban J connectivity index is 2.61. The van der Waals surface area contributed by atoms with Crippen LogP contribution in [0.3, 0.4) is 0 Å². The van der Waals surface area contributed by atoms with Crippen molar-refractivity contribution in [3.63, 3.8) is 0 Å². The lowest BCUT2D eigenvalue weighted by atomic mass is 10.2. The molecule has 0 aromatic rings. The first-order chi connectivity index (χ1) is 6.79. The Morgan fingerprint density at radius 2 is 2.36 bits per heavy atom. The average molecular weight is 198 g/mol. The van der Waals surface area contributed by atoms with Crippen molar-refractivity contribution in [1.82, 2.24) is 10.9 Å². The molecule has 0 spiro atoms. The molecule has 1 aliphatic rings. The summed E-state index contributed by atoms with van der Waals surface area (Å²) in [5, 5.41) is 0. The fraction of sp³-hybridized carbons (Fsp3) is 0.556. The Labute approximate surface area is 82.5 Å². The van der Waals surface area contributed by atoms with Crippen molar-refractivity contribution >= 4 is 12.4 Å². The predicted molar refractivity (Wildman–Crippen MR) is 49.8 cm³/mol. The van der Waals surface area contributed by atoms with Gasteiger partial charge in [-0.15, -0.1) is 0 Å². The number of allylic oxidation sites excluding steroid dienone is 1. The number of ether oxygens (including phenoxy) is 1. The molecule has 0 heterocycles. The molecule has 0 aliphatic heterocycles. The zero-order valence-corrected chi connectivity index (χ0v) is 8.13. The summed E-state index contributed by atoms with van der Waals surface area (Å²) < 4.78 is 4.88. The van der Waals surface area contributed by atoms with E-state index < -0.39 is 0 Å². The number of esters is 1. The number of hydrogen-bond acceptors (Lipinski definition) is 4. The van der Waals surface area contributed by atoms with Crippen LogP contribution in [0.2, 0.25) is 0 Å². The summed E-state index contributed by atoms with van der Waals surface area (Å²) in [4.78, 5) is 21.4. The Hall–Kier alpha value is -1.52. The van der Waals surface area contributed by atoms with Crippen LogP contribution in [0.25, 0.3) is 0 Å². The third-order valence-electron chi connectivity index (χ3n) is 2.02. The van der Waals surface area contributed by atoms with Gasteiger partial charge in [0.2, 0.25) is 6.41 Å². The molecule has 1 aliphatic carbocycles. The van der Waals surface area contributed by atoms with Crippen molar-refractivity contribution < 1.29 is 14.3 Å². The molecule has 0 aromatic heterocycles. The number of rotatable bonds is 5. The number of hydrazine groups is 1. The third-order valence-corrected chi connectivity index (χ3v) is 2.02. The van der Waals surface area contributed by atoms with Crippen molar-refractivity contribution in [2.45, 2.75) is 26.2 Å². The molecule has 1 rings (SSSR count). The maximum atomic E-state index is 11.4.